The molecule has 0 aliphatic heterocycles. The van der Waals surface area contributed by atoms with E-state index in [0.29, 0.717) is 19.3 Å². The minimum atomic E-state index is -4.91. The second kappa shape index (κ2) is 63.2. The van der Waals surface area contributed by atoms with Crippen molar-refractivity contribution in [3.63, 3.8) is 0 Å². The van der Waals surface area contributed by atoms with E-state index in [4.69, 9.17) is 32.3 Å². The molecule has 0 saturated heterocycles. The second-order valence-electron chi connectivity index (χ2n) is 23.0. The number of carbonyl (C=O) groups is 3. The van der Waals surface area contributed by atoms with Gasteiger partial charge in [-0.1, -0.05) is 261 Å². The number of rotatable bonds is 65. The Morgan fingerprint density at radius 1 is 0.333 bits per heavy atom. The molecule has 0 saturated carbocycles. The Morgan fingerprint density at radius 3 is 1.01 bits per heavy atom. The highest BCUT2D eigenvalue weighted by molar-refractivity contribution is 7.47. The lowest BCUT2D eigenvalue weighted by molar-refractivity contribution is -0.161. The zero-order valence-corrected chi connectivity index (χ0v) is 56.5. The van der Waals surface area contributed by atoms with Crippen LogP contribution in [-0.4, -0.2) is 95.9 Å². The van der Waals surface area contributed by atoms with Gasteiger partial charge >= 0.3 is 33.6 Å². The Bertz CT molecular complexity index is 1880. The van der Waals surface area contributed by atoms with Crippen LogP contribution in [0.15, 0.2) is 72.9 Å². The quantitative estimate of drug-likeness (QED) is 0.0146. The molecule has 506 valence electrons. The van der Waals surface area contributed by atoms with Crippen LogP contribution in [0.1, 0.15) is 290 Å². The van der Waals surface area contributed by atoms with Crippen molar-refractivity contribution in [2.45, 2.75) is 309 Å². The van der Waals surface area contributed by atoms with Gasteiger partial charge in [0.25, 0.3) is 0 Å². The Hall–Kier alpha value is -3.01. The van der Waals surface area contributed by atoms with Gasteiger partial charge in [-0.2, -0.15) is 0 Å². The Balaban J connectivity index is 4.34. The molecule has 0 bridgehead atoms. The van der Waals surface area contributed by atoms with Crippen LogP contribution in [0.5, 0.6) is 0 Å². The molecule has 0 amide bonds. The summed E-state index contributed by atoms with van der Waals surface area (Å²) < 4.78 is 60.7. The number of aliphatic hydroxyl groups excluding tert-OH is 2. The number of esters is 3. The predicted octanol–water partition coefficient (Wildman–Crippen LogP) is 18.8. The van der Waals surface area contributed by atoms with Crippen molar-refractivity contribution in [2.24, 2.45) is 0 Å². The summed E-state index contributed by atoms with van der Waals surface area (Å²) in [5.41, 5.74) is 0. The van der Waals surface area contributed by atoms with Crippen LogP contribution in [0.2, 0.25) is 0 Å². The number of ether oxygens (including phenoxy) is 3. The van der Waals surface area contributed by atoms with Crippen molar-refractivity contribution in [1.82, 2.24) is 0 Å². The van der Waals surface area contributed by atoms with E-state index in [2.05, 4.69) is 93.7 Å². The molecule has 0 fully saturated rings. The largest absolute Gasteiger partial charge is 0.472 e. The van der Waals surface area contributed by atoms with Crippen molar-refractivity contribution in [1.29, 1.82) is 0 Å². The van der Waals surface area contributed by atoms with Crippen LogP contribution in [0.3, 0.4) is 0 Å². The Morgan fingerprint density at radius 2 is 0.621 bits per heavy atom. The first kappa shape index (κ1) is 84.0. The molecule has 0 aliphatic rings. The van der Waals surface area contributed by atoms with Crippen molar-refractivity contribution >= 4 is 33.6 Å². The average molecular weight is 1270 g/mol. The van der Waals surface area contributed by atoms with Gasteiger partial charge in [0.2, 0.25) is 0 Å². The fourth-order valence-corrected chi connectivity index (χ4v) is 10.8. The SMILES string of the molecule is CC/C=C\C/C=C\C/C=C\C/C=C\C/C=C\CCCCCCCCCCCCCCCC(=O)OCC(O)COP(=O)(O)OCC(O)COP(=O)(O)OCC(COC(=O)CCCCCCC/C=C\CCCC)OC(=O)CCCCCCCCCCCCC. The number of hydrogen-bond acceptors (Lipinski definition) is 14. The van der Waals surface area contributed by atoms with E-state index in [1.807, 2.05) is 0 Å². The fraction of sp³-hybridized carbons (Fsp3) is 0.783. The van der Waals surface area contributed by atoms with E-state index in [9.17, 15) is 43.5 Å². The van der Waals surface area contributed by atoms with E-state index in [-0.39, 0.29) is 19.3 Å². The van der Waals surface area contributed by atoms with Gasteiger partial charge in [0.15, 0.2) is 6.10 Å². The molecule has 18 heteroatoms. The normalized spacial score (nSPS) is 14.7. The van der Waals surface area contributed by atoms with Gasteiger partial charge in [0.05, 0.1) is 26.4 Å². The van der Waals surface area contributed by atoms with Crippen molar-refractivity contribution in [3.8, 4) is 0 Å². The summed E-state index contributed by atoms with van der Waals surface area (Å²) in [6.07, 6.45) is 65.6. The van der Waals surface area contributed by atoms with Gasteiger partial charge in [-0.15, -0.1) is 0 Å². The monoisotopic (exact) mass is 1270 g/mol. The molecule has 0 aromatic rings. The van der Waals surface area contributed by atoms with E-state index >= 15 is 0 Å². The lowest BCUT2D eigenvalue weighted by Gasteiger charge is -2.21. The molecule has 16 nitrogen and oxygen atoms in total. The summed E-state index contributed by atoms with van der Waals surface area (Å²) in [6.45, 7) is 2.51. The number of phosphoric acid groups is 2. The van der Waals surface area contributed by atoms with Gasteiger partial charge in [0, 0.05) is 19.3 Å². The van der Waals surface area contributed by atoms with Crippen molar-refractivity contribution in [2.75, 3.05) is 39.6 Å². The minimum Gasteiger partial charge on any atom is -0.463 e. The van der Waals surface area contributed by atoms with Gasteiger partial charge in [0.1, 0.15) is 25.4 Å². The highest BCUT2D eigenvalue weighted by Gasteiger charge is 2.29. The van der Waals surface area contributed by atoms with E-state index in [1.165, 1.54) is 109 Å². The van der Waals surface area contributed by atoms with Gasteiger partial charge in [-0.05, 0) is 83.5 Å². The summed E-state index contributed by atoms with van der Waals surface area (Å²) in [4.78, 5) is 58.1. The number of allylic oxidation sites excluding steroid dienone is 12. The first-order valence-electron chi connectivity index (χ1n) is 34.2. The molecule has 5 atom stereocenters. The third kappa shape index (κ3) is 64.3. The maximum absolute atomic E-state index is 12.8. The van der Waals surface area contributed by atoms with Gasteiger partial charge < -0.3 is 34.2 Å². The number of phosphoric ester groups is 2. The summed E-state index contributed by atoms with van der Waals surface area (Å²) in [5, 5.41) is 20.5. The van der Waals surface area contributed by atoms with Crippen LogP contribution < -0.4 is 0 Å². The average Bonchev–Trinajstić information content (AvgIpc) is 3.62. The Labute approximate surface area is 528 Å². The van der Waals surface area contributed by atoms with Crippen LogP contribution in [0, 0.1) is 0 Å². The molecule has 87 heavy (non-hydrogen) atoms. The zero-order chi connectivity index (χ0) is 63.8. The maximum Gasteiger partial charge on any atom is 0.472 e. The molecule has 5 unspecified atom stereocenters. The molecule has 0 spiro atoms. The van der Waals surface area contributed by atoms with E-state index in [0.717, 1.165) is 122 Å². The van der Waals surface area contributed by atoms with E-state index in [1.54, 1.807) is 0 Å². The summed E-state index contributed by atoms with van der Waals surface area (Å²) in [6, 6.07) is 0. The lowest BCUT2D eigenvalue weighted by Crippen LogP contribution is -2.30. The first-order valence-corrected chi connectivity index (χ1v) is 37.2. The molecule has 0 heterocycles. The Kier molecular flexibility index (Phi) is 61.0. The van der Waals surface area contributed by atoms with Crippen LogP contribution >= 0.6 is 15.6 Å². The first-order chi connectivity index (χ1) is 42.2. The highest BCUT2D eigenvalue weighted by Crippen LogP contribution is 2.45. The maximum atomic E-state index is 12.8. The molecule has 4 N–H and O–H groups in total. The molecule has 0 rings (SSSR count). The number of hydrogen-bond donors (Lipinski definition) is 4. The molecule has 0 aromatic carbocycles. The standard InChI is InChI=1S/C69H124O16P2/c1-4-7-10-13-16-19-22-23-24-25-26-27-28-29-30-31-32-33-34-35-36-37-38-39-42-44-46-49-52-55-67(72)79-58-64(70)59-81-86(75,76)82-60-65(71)61-83-87(77,78)84-63-66(85-69(74)57-54-51-48-45-41-21-18-15-12-9-6-3)62-80-68(73)56-53-50-47-43-40-20-17-14-11-8-5-2/h7,10,14,16-17,19,23-24,26-27,29-30,64-66,70-71H,4-6,8-9,11-13,15,18,20-22,25,28,31-63H2,1-3H3,(H,75,76)(H,77,78)/b10-7-,17-14-,19-16-,24-23-,27-26-,30-29-. The van der Waals surface area contributed by atoms with Crippen molar-refractivity contribution < 1.29 is 75.8 Å². The molecule has 0 radical (unpaired) electrons. The van der Waals surface area contributed by atoms with Crippen LogP contribution in [0.25, 0.3) is 0 Å². The van der Waals surface area contributed by atoms with Gasteiger partial charge in [-0.3, -0.25) is 32.5 Å². The predicted molar refractivity (Wildman–Crippen MR) is 353 cm³/mol. The zero-order valence-electron chi connectivity index (χ0n) is 54.7. The van der Waals surface area contributed by atoms with E-state index < -0.39 is 91.5 Å². The number of unbranched alkanes of at least 4 members (excludes halogenated alkanes) is 30. The molecular weight excluding hydrogens is 1150 g/mol. The second-order valence-corrected chi connectivity index (χ2v) is 25.9. The number of carbonyl (C=O) groups excluding carboxylic acids is 3. The summed E-state index contributed by atoms with van der Waals surface area (Å²) >= 11 is 0. The molecule has 0 aliphatic carbocycles. The third-order valence-corrected chi connectivity index (χ3v) is 16.3. The van der Waals surface area contributed by atoms with Crippen LogP contribution in [0.4, 0.5) is 0 Å². The summed E-state index contributed by atoms with van der Waals surface area (Å²) in [5.74, 6) is -1.58. The lowest BCUT2D eigenvalue weighted by atomic mass is 10.0. The third-order valence-electron chi connectivity index (χ3n) is 14.4. The smallest absolute Gasteiger partial charge is 0.463 e. The fourth-order valence-electron chi connectivity index (χ4n) is 9.17. The van der Waals surface area contributed by atoms with Gasteiger partial charge in [-0.25, -0.2) is 9.13 Å². The van der Waals surface area contributed by atoms with Crippen molar-refractivity contribution in [3.05, 3.63) is 72.9 Å². The minimum absolute atomic E-state index is 0.108. The number of aliphatic hydroxyl groups is 2. The van der Waals surface area contributed by atoms with Crippen LogP contribution in [-0.2, 0) is 55.8 Å². The topological polar surface area (TPSA) is 231 Å². The molecular formula is C69H124O16P2. The molecule has 0 aromatic heterocycles. The highest BCUT2D eigenvalue weighted by atomic mass is 31.2. The summed E-state index contributed by atoms with van der Waals surface area (Å²) in [7, 11) is -9.75.